The first-order chi connectivity index (χ1) is 16.3. The van der Waals surface area contributed by atoms with Gasteiger partial charge in [-0.15, -0.1) is 0 Å². The molecule has 178 valence electrons. The standard InChI is InChI=1S/C24H25ClN4O5/c1-16-12-28-23(26-10-9-17-5-3-2-4-6-17)24(33)29(16)14-21(30)27-13-18-11-19(25)7-8-20(18)34-15-22(31)32/h2-8,11-12H,9-10,13-15H2,1H3,(H,26,28)(H,27,30)(H,31,32). The molecule has 0 saturated carbocycles. The summed E-state index contributed by atoms with van der Waals surface area (Å²) >= 11 is 6.02. The second kappa shape index (κ2) is 11.9. The van der Waals surface area contributed by atoms with Gasteiger partial charge in [0.1, 0.15) is 12.3 Å². The van der Waals surface area contributed by atoms with E-state index in [1.807, 2.05) is 30.3 Å². The summed E-state index contributed by atoms with van der Waals surface area (Å²) in [5.74, 6) is -1.05. The number of anilines is 1. The molecule has 1 heterocycles. The SMILES string of the molecule is Cc1cnc(NCCc2ccccc2)c(=O)n1CC(=O)NCc1cc(Cl)ccc1OCC(=O)O. The Labute approximate surface area is 201 Å². The van der Waals surface area contributed by atoms with Crippen molar-refractivity contribution < 1.29 is 19.4 Å². The molecule has 10 heteroatoms. The molecule has 0 unspecified atom stereocenters. The minimum Gasteiger partial charge on any atom is -0.482 e. The third-order valence-corrected chi connectivity index (χ3v) is 5.19. The van der Waals surface area contributed by atoms with E-state index in [1.54, 1.807) is 19.1 Å². The first-order valence-corrected chi connectivity index (χ1v) is 10.9. The van der Waals surface area contributed by atoms with Crippen LogP contribution in [0.5, 0.6) is 5.75 Å². The van der Waals surface area contributed by atoms with Crippen molar-refractivity contribution in [3.05, 3.63) is 86.9 Å². The van der Waals surface area contributed by atoms with Crippen LogP contribution in [0.25, 0.3) is 0 Å². The molecule has 34 heavy (non-hydrogen) atoms. The Morgan fingerprint density at radius 1 is 1.18 bits per heavy atom. The lowest BCUT2D eigenvalue weighted by Gasteiger charge is -2.14. The van der Waals surface area contributed by atoms with Crippen molar-refractivity contribution in [1.82, 2.24) is 14.9 Å². The van der Waals surface area contributed by atoms with Crippen LogP contribution in [0.3, 0.4) is 0 Å². The molecule has 0 bridgehead atoms. The number of carbonyl (C=O) groups excluding carboxylic acids is 1. The maximum Gasteiger partial charge on any atom is 0.341 e. The number of rotatable bonds is 11. The number of hydrogen-bond donors (Lipinski definition) is 3. The van der Waals surface area contributed by atoms with Crippen molar-refractivity contribution >= 4 is 29.3 Å². The minimum absolute atomic E-state index is 0.0510. The number of carbonyl (C=O) groups is 2. The first-order valence-electron chi connectivity index (χ1n) is 10.6. The summed E-state index contributed by atoms with van der Waals surface area (Å²) in [4.78, 5) is 40.4. The number of benzene rings is 2. The number of aliphatic carboxylic acids is 1. The van der Waals surface area contributed by atoms with Crippen LogP contribution in [0.2, 0.25) is 5.02 Å². The highest BCUT2D eigenvalue weighted by Gasteiger charge is 2.13. The first kappa shape index (κ1) is 24.8. The number of amides is 1. The van der Waals surface area contributed by atoms with Gasteiger partial charge in [-0.25, -0.2) is 9.78 Å². The summed E-state index contributed by atoms with van der Waals surface area (Å²) in [6.07, 6.45) is 2.26. The van der Waals surface area contributed by atoms with Crippen LogP contribution in [-0.2, 0) is 29.1 Å². The van der Waals surface area contributed by atoms with E-state index in [4.69, 9.17) is 21.4 Å². The number of nitrogens with zero attached hydrogens (tertiary/aromatic N) is 2. The van der Waals surface area contributed by atoms with Crippen molar-refractivity contribution in [2.75, 3.05) is 18.5 Å². The Morgan fingerprint density at radius 3 is 2.68 bits per heavy atom. The van der Waals surface area contributed by atoms with Crippen LogP contribution >= 0.6 is 11.6 Å². The molecule has 0 aliphatic heterocycles. The van der Waals surface area contributed by atoms with E-state index >= 15 is 0 Å². The van der Waals surface area contributed by atoms with Gasteiger partial charge in [-0.3, -0.25) is 14.2 Å². The predicted molar refractivity (Wildman–Crippen MR) is 128 cm³/mol. The van der Waals surface area contributed by atoms with E-state index in [-0.39, 0.29) is 18.9 Å². The molecule has 3 N–H and O–H groups in total. The summed E-state index contributed by atoms with van der Waals surface area (Å²) in [6.45, 7) is 1.55. The number of nitrogens with one attached hydrogen (secondary N) is 2. The zero-order valence-corrected chi connectivity index (χ0v) is 19.3. The molecule has 0 saturated heterocycles. The third-order valence-electron chi connectivity index (χ3n) is 4.95. The molecule has 0 atom stereocenters. The molecular formula is C24H25ClN4O5. The Bertz CT molecular complexity index is 1210. The topological polar surface area (TPSA) is 123 Å². The molecule has 0 aliphatic rings. The highest BCUT2D eigenvalue weighted by molar-refractivity contribution is 6.30. The lowest BCUT2D eigenvalue weighted by atomic mass is 10.1. The van der Waals surface area contributed by atoms with E-state index in [9.17, 15) is 14.4 Å². The fraction of sp³-hybridized carbons (Fsp3) is 0.250. The van der Waals surface area contributed by atoms with Crippen LogP contribution in [0.1, 0.15) is 16.8 Å². The summed E-state index contributed by atoms with van der Waals surface area (Å²) < 4.78 is 6.59. The maximum absolute atomic E-state index is 12.9. The maximum atomic E-state index is 12.9. The van der Waals surface area contributed by atoms with Gasteiger partial charge < -0.3 is 20.5 Å². The lowest BCUT2D eigenvalue weighted by Crippen LogP contribution is -2.34. The summed E-state index contributed by atoms with van der Waals surface area (Å²) in [6, 6.07) is 14.5. The minimum atomic E-state index is -1.12. The fourth-order valence-corrected chi connectivity index (χ4v) is 3.41. The number of hydrogen-bond acceptors (Lipinski definition) is 6. The monoisotopic (exact) mass is 484 g/mol. The van der Waals surface area contributed by atoms with Gasteiger partial charge in [0.15, 0.2) is 12.4 Å². The van der Waals surface area contributed by atoms with E-state index in [2.05, 4.69) is 15.6 Å². The number of aryl methyl sites for hydroxylation is 1. The van der Waals surface area contributed by atoms with Gasteiger partial charge in [-0.1, -0.05) is 41.9 Å². The second-order valence-corrected chi connectivity index (χ2v) is 7.95. The van der Waals surface area contributed by atoms with Crippen LogP contribution in [0.15, 0.2) is 59.5 Å². The number of halogens is 1. The Balaban J connectivity index is 1.62. The second-order valence-electron chi connectivity index (χ2n) is 7.51. The normalized spacial score (nSPS) is 10.5. The van der Waals surface area contributed by atoms with E-state index < -0.39 is 24.0 Å². The fourth-order valence-electron chi connectivity index (χ4n) is 3.22. The summed E-state index contributed by atoms with van der Waals surface area (Å²) in [7, 11) is 0. The molecule has 1 amide bonds. The molecule has 3 rings (SSSR count). The Kier molecular flexibility index (Phi) is 8.64. The molecule has 3 aromatic rings. The van der Waals surface area contributed by atoms with Gasteiger partial charge in [-0.2, -0.15) is 0 Å². The van der Waals surface area contributed by atoms with Gasteiger partial charge >= 0.3 is 5.97 Å². The van der Waals surface area contributed by atoms with Gasteiger partial charge in [0.2, 0.25) is 5.91 Å². The van der Waals surface area contributed by atoms with Crippen LogP contribution in [-0.4, -0.2) is 39.7 Å². The highest BCUT2D eigenvalue weighted by Crippen LogP contribution is 2.23. The Morgan fingerprint density at radius 2 is 1.94 bits per heavy atom. The predicted octanol–water partition coefficient (Wildman–Crippen LogP) is 2.64. The van der Waals surface area contributed by atoms with Crippen LogP contribution in [0.4, 0.5) is 5.82 Å². The Hall–Kier alpha value is -3.85. The average Bonchev–Trinajstić information content (AvgIpc) is 2.82. The van der Waals surface area contributed by atoms with E-state index in [0.29, 0.717) is 28.6 Å². The highest BCUT2D eigenvalue weighted by atomic mass is 35.5. The number of carboxylic acids is 1. The molecule has 9 nitrogen and oxygen atoms in total. The zero-order valence-electron chi connectivity index (χ0n) is 18.6. The largest absolute Gasteiger partial charge is 0.482 e. The number of aromatic nitrogens is 2. The molecule has 0 aliphatic carbocycles. The van der Waals surface area contributed by atoms with E-state index in [1.165, 1.54) is 16.8 Å². The van der Waals surface area contributed by atoms with Crippen molar-refractivity contribution in [3.63, 3.8) is 0 Å². The quantitative estimate of drug-likeness (QED) is 0.382. The van der Waals surface area contributed by atoms with Gasteiger partial charge in [-0.05, 0) is 37.1 Å². The lowest BCUT2D eigenvalue weighted by molar-refractivity contribution is -0.139. The summed E-state index contributed by atoms with van der Waals surface area (Å²) in [5, 5.41) is 15.0. The molecule has 0 fully saturated rings. The van der Waals surface area contributed by atoms with Gasteiger partial charge in [0.25, 0.3) is 5.56 Å². The molecular weight excluding hydrogens is 460 g/mol. The van der Waals surface area contributed by atoms with Crippen molar-refractivity contribution in [3.8, 4) is 5.75 Å². The van der Waals surface area contributed by atoms with E-state index in [0.717, 1.165) is 12.0 Å². The average molecular weight is 485 g/mol. The van der Waals surface area contributed by atoms with Gasteiger partial charge in [0, 0.05) is 35.6 Å². The van der Waals surface area contributed by atoms with Crippen molar-refractivity contribution in [1.29, 1.82) is 0 Å². The van der Waals surface area contributed by atoms with Gasteiger partial charge in [0.05, 0.1) is 0 Å². The third kappa shape index (κ3) is 7.08. The van der Waals surface area contributed by atoms with Crippen molar-refractivity contribution in [2.24, 2.45) is 0 Å². The summed E-state index contributed by atoms with van der Waals surface area (Å²) in [5.41, 5.74) is 1.80. The molecule has 0 radical (unpaired) electrons. The smallest absolute Gasteiger partial charge is 0.341 e. The van der Waals surface area contributed by atoms with Crippen LogP contribution in [0, 0.1) is 6.92 Å². The van der Waals surface area contributed by atoms with Crippen molar-refractivity contribution in [2.45, 2.75) is 26.4 Å². The molecule has 1 aromatic heterocycles. The van der Waals surface area contributed by atoms with Crippen LogP contribution < -0.4 is 20.9 Å². The number of ether oxygens (including phenoxy) is 1. The molecule has 2 aromatic carbocycles. The zero-order chi connectivity index (χ0) is 24.5. The number of carboxylic acid groups (broad SMARTS) is 1. The molecule has 0 spiro atoms.